The molecule has 0 aliphatic carbocycles. The van der Waals surface area contributed by atoms with E-state index in [4.69, 9.17) is 99.2 Å². The van der Waals surface area contributed by atoms with Gasteiger partial charge in [0.1, 0.15) is 47.8 Å². The summed E-state index contributed by atoms with van der Waals surface area (Å²) in [6, 6.07) is 20.6. The number of nitrogens with zero attached hydrogens (tertiary/aromatic N) is 6. The summed E-state index contributed by atoms with van der Waals surface area (Å²) < 4.78 is 101. The molecule has 1 saturated heterocycles. The van der Waals surface area contributed by atoms with E-state index in [1.807, 2.05) is 38.1 Å². The number of carboxylic acid groups (broad SMARTS) is 1. The van der Waals surface area contributed by atoms with Crippen molar-refractivity contribution in [3.8, 4) is 56.1 Å². The molecule has 0 saturated carbocycles. The number of ether oxygens (including phenoxy) is 15. The van der Waals surface area contributed by atoms with Crippen molar-refractivity contribution in [2.45, 2.75) is 52.0 Å². The number of aliphatic carboxylic acids is 1. The zero-order valence-corrected chi connectivity index (χ0v) is 60.6. The number of piperazine rings is 1. The van der Waals surface area contributed by atoms with Gasteiger partial charge < -0.3 is 86.4 Å². The number of halogens is 3. The van der Waals surface area contributed by atoms with Gasteiger partial charge in [-0.25, -0.2) is 29.1 Å². The van der Waals surface area contributed by atoms with Crippen LogP contribution in [0.4, 0.5) is 4.39 Å². The monoisotopic (exact) mass is 1480 g/mol. The lowest BCUT2D eigenvalue weighted by atomic mass is 9.92. The van der Waals surface area contributed by atoms with E-state index in [-0.39, 0.29) is 54.5 Å². The van der Waals surface area contributed by atoms with Crippen LogP contribution in [-0.2, 0) is 81.3 Å². The highest BCUT2D eigenvalue weighted by molar-refractivity contribution is 7.22. The molecule has 2 atom stereocenters. The van der Waals surface area contributed by atoms with E-state index in [1.54, 1.807) is 49.7 Å². The Morgan fingerprint density at radius 2 is 1.21 bits per heavy atom. The van der Waals surface area contributed by atoms with Gasteiger partial charge in [0.05, 0.1) is 160 Å². The van der Waals surface area contributed by atoms with Gasteiger partial charge in [-0.2, -0.15) is 0 Å². The fourth-order valence-electron chi connectivity index (χ4n) is 10.9. The molecule has 554 valence electrons. The third-order valence-corrected chi connectivity index (χ3v) is 18.5. The number of hydrogen-bond donors (Lipinski definition) is 2. The highest BCUT2D eigenvalue weighted by Crippen LogP contribution is 2.53. The number of likely N-dealkylation sites (N-methyl/N-ethyl adjacent to an activating group) is 1. The summed E-state index contributed by atoms with van der Waals surface area (Å²) in [6.45, 7) is 17.6. The van der Waals surface area contributed by atoms with Crippen molar-refractivity contribution in [1.82, 2.24) is 35.1 Å². The van der Waals surface area contributed by atoms with Gasteiger partial charge in [0.15, 0.2) is 11.6 Å². The topological polar surface area (TPSA) is 263 Å². The number of carbonyl (C=O) groups excluding carboxylic acids is 1. The predicted octanol–water partition coefficient (Wildman–Crippen LogP) is 9.40. The Labute approximate surface area is 608 Å². The SMILES string of the molecule is COCCOCCOCCOCCOCCOCCOCCOCCOCCOCCOCCC(=O)NCc1ccc(-c2nccc(COc3ccc4cc3C[C@H](C(=O)O)Oc3ncnc5sc(-c6ccc(F)cc6)c(c35)-c3c(C)c(Cl)c(c(Cl)c3C)O[C@H](CN3CCN(C)CC3)CO4)n2)cc1. The van der Waals surface area contributed by atoms with E-state index in [9.17, 15) is 19.1 Å². The standard InChI is InChI=1S/C73H92Cl2FN7O18S/c1-50-63-51(2)67(75)68(66(50)74)100-59(46-83-20-18-82(3)19-21-83)48-98-58-13-14-60(55(43-58)44-61(73(85)86)101-71-65-64(63)69(102-72(65)80-49-79-71)53-9-11-56(76)12-10-53)99-47-57-15-17-77-70(81-57)54-7-5-52(6-8-54)45-78-62(84)16-22-88-25-26-90-29-30-92-33-34-94-37-38-96-41-42-97-40-39-95-36-35-93-32-31-91-28-27-89-24-23-87-4/h5-15,17,43,49,59,61H,16,18-42,44-48H2,1-4H3,(H,78,84)(H,85,86)/t59-,61-/m1/s1. The average molecular weight is 1480 g/mol. The van der Waals surface area contributed by atoms with Crippen molar-refractivity contribution in [2.24, 2.45) is 0 Å². The molecule has 7 aromatic rings. The summed E-state index contributed by atoms with van der Waals surface area (Å²) in [5.74, 6) is -0.302. The summed E-state index contributed by atoms with van der Waals surface area (Å²) in [5, 5.41) is 14.9. The van der Waals surface area contributed by atoms with Gasteiger partial charge in [0.25, 0.3) is 0 Å². The number of carbonyl (C=O) groups is 2. The normalized spacial score (nSPS) is 15.1. The zero-order chi connectivity index (χ0) is 71.7. The highest BCUT2D eigenvalue weighted by Gasteiger charge is 2.32. The maximum Gasteiger partial charge on any atom is 0.345 e. The maximum atomic E-state index is 14.5. The number of thiophene rings is 1. The number of aromatic nitrogens is 4. The van der Waals surface area contributed by atoms with E-state index in [1.165, 1.54) is 29.8 Å². The molecule has 102 heavy (non-hydrogen) atoms. The van der Waals surface area contributed by atoms with Gasteiger partial charge in [0, 0.05) is 87.0 Å². The second kappa shape index (κ2) is 43.4. The molecule has 0 spiro atoms. The summed E-state index contributed by atoms with van der Waals surface area (Å²) >= 11 is 16.1. The number of hydrogen-bond acceptors (Lipinski definition) is 24. The fourth-order valence-corrected chi connectivity index (χ4v) is 12.6. The lowest BCUT2D eigenvalue weighted by Gasteiger charge is -2.35. The molecule has 10 rings (SSSR count). The largest absolute Gasteiger partial charge is 0.490 e. The Morgan fingerprint density at radius 1 is 0.657 bits per heavy atom. The average Bonchev–Trinajstić information content (AvgIpc) is 1.54. The number of carboxylic acids is 1. The molecule has 1 amide bonds. The van der Waals surface area contributed by atoms with Gasteiger partial charge >= 0.3 is 5.97 Å². The van der Waals surface area contributed by atoms with Crippen molar-refractivity contribution in [3.05, 3.63) is 129 Å². The number of amides is 1. The van der Waals surface area contributed by atoms with E-state index in [0.29, 0.717) is 222 Å². The zero-order valence-electron chi connectivity index (χ0n) is 58.3. The minimum atomic E-state index is -1.51. The Kier molecular flexibility index (Phi) is 33.7. The molecule has 6 heterocycles. The smallest absolute Gasteiger partial charge is 0.345 e. The molecule has 4 bridgehead atoms. The number of methoxy groups -OCH3 is 1. The molecule has 1 fully saturated rings. The van der Waals surface area contributed by atoms with Crippen LogP contribution >= 0.6 is 34.5 Å². The number of benzene rings is 4. The Morgan fingerprint density at radius 3 is 1.76 bits per heavy atom. The molecule has 3 aromatic heterocycles. The van der Waals surface area contributed by atoms with Crippen LogP contribution in [0.15, 0.2) is 85.3 Å². The second-order valence-electron chi connectivity index (χ2n) is 23.8. The minimum Gasteiger partial charge on any atom is -0.490 e. The predicted molar refractivity (Wildman–Crippen MR) is 382 cm³/mol. The second-order valence-corrected chi connectivity index (χ2v) is 25.6. The van der Waals surface area contributed by atoms with Gasteiger partial charge in [-0.3, -0.25) is 9.69 Å². The van der Waals surface area contributed by atoms with Crippen molar-refractivity contribution in [1.29, 1.82) is 0 Å². The molecule has 25 nitrogen and oxygen atoms in total. The molecular formula is C73H92Cl2FN7O18S. The summed E-state index contributed by atoms with van der Waals surface area (Å²) in [5.41, 5.74) is 5.80. The molecule has 0 unspecified atom stereocenters. The van der Waals surface area contributed by atoms with Crippen LogP contribution in [0, 0.1) is 19.7 Å². The quantitative estimate of drug-likeness (QED) is 0.0337. The molecule has 3 aliphatic heterocycles. The third kappa shape index (κ3) is 25.2. The molecular weight excluding hydrogens is 1380 g/mol. The molecule has 29 heteroatoms. The van der Waals surface area contributed by atoms with Gasteiger partial charge in [-0.05, 0) is 85.1 Å². The van der Waals surface area contributed by atoms with Gasteiger partial charge in [-0.1, -0.05) is 59.6 Å². The van der Waals surface area contributed by atoms with Crippen LogP contribution in [0.25, 0.3) is 43.2 Å². The van der Waals surface area contributed by atoms with Crippen molar-refractivity contribution >= 4 is 56.6 Å². The summed E-state index contributed by atoms with van der Waals surface area (Å²) in [4.78, 5) is 50.6. The number of fused-ring (bicyclic) bond motifs is 7. The van der Waals surface area contributed by atoms with Crippen molar-refractivity contribution in [3.63, 3.8) is 0 Å². The first-order valence-electron chi connectivity index (χ1n) is 34.1. The number of nitrogens with one attached hydrogen (secondary N) is 1. The summed E-state index contributed by atoms with van der Waals surface area (Å²) in [6.07, 6.45) is 0.878. The van der Waals surface area contributed by atoms with Gasteiger partial charge in [-0.15, -0.1) is 11.3 Å². The molecule has 4 aromatic carbocycles. The Hall–Kier alpha value is -6.87. The Balaban J connectivity index is 0.699. The Bertz CT molecular complexity index is 3660. The lowest BCUT2D eigenvalue weighted by Crippen LogP contribution is -2.49. The first-order valence-corrected chi connectivity index (χ1v) is 35.7. The van der Waals surface area contributed by atoms with Crippen molar-refractivity contribution < 1.29 is 90.1 Å². The summed E-state index contributed by atoms with van der Waals surface area (Å²) in [7, 11) is 3.73. The lowest BCUT2D eigenvalue weighted by molar-refractivity contribution is -0.145. The minimum absolute atomic E-state index is 0.000400. The molecule has 0 radical (unpaired) electrons. The molecule has 3 aliphatic rings. The van der Waals surface area contributed by atoms with E-state index < -0.39 is 24.0 Å². The van der Waals surface area contributed by atoms with Crippen LogP contribution in [0.1, 0.15) is 34.4 Å². The fraction of sp³-hybridized carbons (Fsp3) is 0.507. The van der Waals surface area contributed by atoms with Crippen LogP contribution in [-0.4, -0.2) is 251 Å². The molecule has 2 N–H and O–H groups in total. The van der Waals surface area contributed by atoms with Crippen LogP contribution in [0.2, 0.25) is 10.0 Å². The maximum absolute atomic E-state index is 14.5. The first kappa shape index (κ1) is 79.3. The van der Waals surface area contributed by atoms with Crippen LogP contribution < -0.4 is 24.3 Å². The first-order chi connectivity index (χ1) is 49.8. The van der Waals surface area contributed by atoms with E-state index >= 15 is 0 Å². The van der Waals surface area contributed by atoms with Gasteiger partial charge in [0.2, 0.25) is 17.9 Å². The van der Waals surface area contributed by atoms with Crippen molar-refractivity contribution in [2.75, 3.05) is 192 Å². The van der Waals surface area contributed by atoms with E-state index in [0.717, 1.165) is 37.3 Å². The number of rotatable bonds is 43. The van der Waals surface area contributed by atoms with Crippen LogP contribution in [0.3, 0.4) is 0 Å². The highest BCUT2D eigenvalue weighted by atomic mass is 35.5. The van der Waals surface area contributed by atoms with E-state index in [2.05, 4.69) is 37.1 Å². The van der Waals surface area contributed by atoms with Crippen LogP contribution in [0.5, 0.6) is 23.1 Å². The third-order valence-electron chi connectivity index (χ3n) is 16.4.